The third-order valence-electron chi connectivity index (χ3n) is 15.8. The maximum atomic E-state index is 5.69. The molecule has 2 aromatic heterocycles. The van der Waals surface area contributed by atoms with E-state index >= 15 is 0 Å². The van der Waals surface area contributed by atoms with Crippen LogP contribution in [0.1, 0.15) is 76.6 Å². The molecule has 0 atom stereocenters. The SMILES string of the molecule is C=Cc1oc2ccc(C)cc2c1/C=C\C.CC.Cc1ccc(N(c2ccc3ccccc3c2)c2cc3c(c4ccccc24)-c2ccc(C)cc2C3(c2ccccc2)c2ccccc2)cc1.Cc1cccc2c3ccccc3n(C)c12. The lowest BCUT2D eigenvalue weighted by molar-refractivity contribution is 0.603. The average Bonchev–Trinajstić information content (AvgIpc) is 4.28. The maximum absolute atomic E-state index is 5.69. The first kappa shape index (κ1) is 52.6. The molecule has 1 aliphatic carbocycles. The minimum absolute atomic E-state index is 0.500. The van der Waals surface area contributed by atoms with Crippen LogP contribution in [0.4, 0.5) is 17.1 Å². The van der Waals surface area contributed by atoms with E-state index < -0.39 is 5.41 Å². The van der Waals surface area contributed by atoms with E-state index in [0.717, 1.165) is 33.7 Å². The van der Waals surface area contributed by atoms with Crippen LogP contribution in [0.3, 0.4) is 0 Å². The lowest BCUT2D eigenvalue weighted by Gasteiger charge is -2.35. The molecule has 0 N–H and O–H groups in total. The Balaban J connectivity index is 0.000000170. The lowest BCUT2D eigenvalue weighted by atomic mass is 9.67. The Kier molecular flexibility index (Phi) is 14.8. The van der Waals surface area contributed by atoms with Gasteiger partial charge in [0.15, 0.2) is 0 Å². The van der Waals surface area contributed by atoms with Gasteiger partial charge in [0.05, 0.1) is 16.6 Å². The fourth-order valence-corrected chi connectivity index (χ4v) is 12.2. The van der Waals surface area contributed by atoms with Crippen molar-refractivity contribution in [1.82, 2.24) is 4.57 Å². The van der Waals surface area contributed by atoms with Crippen LogP contribution in [0.25, 0.3) is 77.6 Å². The summed E-state index contributed by atoms with van der Waals surface area (Å²) in [6.45, 7) is 18.4. The number of benzene rings is 11. The maximum Gasteiger partial charge on any atom is 0.135 e. The first-order chi connectivity index (χ1) is 39.2. The van der Waals surface area contributed by atoms with Crippen molar-refractivity contribution in [1.29, 1.82) is 0 Å². The van der Waals surface area contributed by atoms with Gasteiger partial charge < -0.3 is 13.9 Å². The molecule has 0 radical (unpaired) electrons. The second-order valence-corrected chi connectivity index (χ2v) is 20.7. The van der Waals surface area contributed by atoms with E-state index in [1.54, 1.807) is 6.08 Å². The van der Waals surface area contributed by atoms with E-state index in [-0.39, 0.29) is 0 Å². The fourth-order valence-electron chi connectivity index (χ4n) is 12.2. The summed E-state index contributed by atoms with van der Waals surface area (Å²) in [7, 11) is 2.14. The van der Waals surface area contributed by atoms with Gasteiger partial charge in [0.1, 0.15) is 11.3 Å². The molecule has 0 bridgehead atoms. The van der Waals surface area contributed by atoms with E-state index in [0.29, 0.717) is 0 Å². The lowest BCUT2D eigenvalue weighted by Crippen LogP contribution is -2.29. The highest BCUT2D eigenvalue weighted by atomic mass is 16.3. The van der Waals surface area contributed by atoms with Crippen molar-refractivity contribution in [2.24, 2.45) is 7.05 Å². The zero-order chi connectivity index (χ0) is 55.5. The summed E-state index contributed by atoms with van der Waals surface area (Å²) in [5, 5.41) is 8.82. The highest BCUT2D eigenvalue weighted by molar-refractivity contribution is 6.12. The molecule has 0 aliphatic heterocycles. The van der Waals surface area contributed by atoms with Crippen molar-refractivity contribution in [3.63, 3.8) is 0 Å². The Morgan fingerprint density at radius 2 is 1.07 bits per heavy atom. The molecule has 0 amide bonds. The largest absolute Gasteiger partial charge is 0.456 e. The van der Waals surface area contributed by atoms with Gasteiger partial charge >= 0.3 is 0 Å². The van der Waals surface area contributed by atoms with Crippen LogP contribution in [0.15, 0.2) is 254 Å². The van der Waals surface area contributed by atoms with E-state index in [1.165, 1.54) is 105 Å². The highest BCUT2D eigenvalue weighted by Gasteiger charge is 2.47. The molecule has 0 fully saturated rings. The summed E-state index contributed by atoms with van der Waals surface area (Å²) in [6, 6.07) is 86.4. The highest BCUT2D eigenvalue weighted by Crippen LogP contribution is 2.60. The van der Waals surface area contributed by atoms with E-state index in [2.05, 4.69) is 287 Å². The minimum Gasteiger partial charge on any atom is -0.456 e. The van der Waals surface area contributed by atoms with Crippen LogP contribution >= 0.6 is 0 Å². The molecule has 0 spiro atoms. The molecule has 3 nitrogen and oxygen atoms in total. The summed E-state index contributed by atoms with van der Waals surface area (Å²) in [5.41, 5.74) is 20.5. The molecule has 0 unspecified atom stereocenters. The Morgan fingerprint density at radius 1 is 0.487 bits per heavy atom. The number of allylic oxidation sites excluding steroid dienone is 1. The zero-order valence-corrected chi connectivity index (χ0v) is 47.3. The molecule has 0 saturated heterocycles. The smallest absolute Gasteiger partial charge is 0.135 e. The Morgan fingerprint density at radius 3 is 1.77 bits per heavy atom. The van der Waals surface area contributed by atoms with E-state index in [1.807, 2.05) is 32.9 Å². The van der Waals surface area contributed by atoms with Gasteiger partial charge in [0.25, 0.3) is 0 Å². The van der Waals surface area contributed by atoms with Crippen LogP contribution < -0.4 is 4.90 Å². The van der Waals surface area contributed by atoms with Crippen molar-refractivity contribution in [2.45, 2.75) is 53.9 Å². The standard InChI is InChI=1S/C47H35N.C14H13N.C14H14O.C2H6/c1-32-21-25-38(26-22-32)48(39-27-24-34-13-9-10-14-35(34)30-39)45-31-44-46(41-20-12-11-19-40(41)45)42-28-23-33(2)29-43(42)47(44,36-15-5-3-6-16-36)37-17-7-4-8-18-37;1-10-6-5-8-12-11-7-3-4-9-13(11)15(2)14(10)12;1-4-6-11-12-9-10(3)7-8-14(12)15-13(11)5-2;1-2/h3-31H,1-2H3;3-9H,1-2H3;4-9H,2H2,1,3H3;1-2H3/b;;6-4-;. The van der Waals surface area contributed by atoms with Crippen LogP contribution in [0.5, 0.6) is 0 Å². The first-order valence-corrected chi connectivity index (χ1v) is 28.0. The molecule has 392 valence electrons. The van der Waals surface area contributed by atoms with Gasteiger partial charge in [-0.3, -0.25) is 0 Å². The van der Waals surface area contributed by atoms with Gasteiger partial charge in [0, 0.05) is 51.0 Å². The predicted molar refractivity (Wildman–Crippen MR) is 345 cm³/mol. The molecule has 0 saturated carbocycles. The summed E-state index contributed by atoms with van der Waals surface area (Å²) in [5.74, 6) is 0.841. The molecular weight excluding hydrogens is 969 g/mol. The van der Waals surface area contributed by atoms with Crippen molar-refractivity contribution in [3.8, 4) is 11.1 Å². The van der Waals surface area contributed by atoms with Gasteiger partial charge in [-0.25, -0.2) is 0 Å². The number of aryl methyl sites for hydroxylation is 5. The topological polar surface area (TPSA) is 21.3 Å². The van der Waals surface area contributed by atoms with Gasteiger partial charge in [0.2, 0.25) is 0 Å². The molecule has 11 aromatic carbocycles. The normalized spacial score (nSPS) is 12.1. The van der Waals surface area contributed by atoms with E-state index in [9.17, 15) is 0 Å². The van der Waals surface area contributed by atoms with Crippen LogP contribution in [0.2, 0.25) is 0 Å². The molecule has 13 aromatic rings. The summed E-state index contributed by atoms with van der Waals surface area (Å²) in [4.78, 5) is 2.46. The quantitative estimate of drug-likeness (QED) is 0.159. The van der Waals surface area contributed by atoms with Gasteiger partial charge in [-0.05, 0) is 144 Å². The Labute approximate surface area is 472 Å². The van der Waals surface area contributed by atoms with Crippen LogP contribution in [-0.4, -0.2) is 4.57 Å². The predicted octanol–water partition coefficient (Wildman–Crippen LogP) is 21.5. The summed E-state index contributed by atoms with van der Waals surface area (Å²) in [6.07, 6.45) is 5.83. The number of aromatic nitrogens is 1. The minimum atomic E-state index is -0.500. The molecule has 1 aliphatic rings. The summed E-state index contributed by atoms with van der Waals surface area (Å²) < 4.78 is 7.96. The number of anilines is 3. The zero-order valence-electron chi connectivity index (χ0n) is 47.3. The van der Waals surface area contributed by atoms with Crippen molar-refractivity contribution < 1.29 is 4.42 Å². The molecule has 2 heterocycles. The number of hydrogen-bond donors (Lipinski definition) is 0. The number of furan rings is 1. The number of rotatable bonds is 7. The van der Waals surface area contributed by atoms with Crippen molar-refractivity contribution in [3.05, 3.63) is 305 Å². The van der Waals surface area contributed by atoms with Crippen LogP contribution in [0, 0.1) is 27.7 Å². The molecular formula is C77H68N2O. The Bertz CT molecular complexity index is 4360. The van der Waals surface area contributed by atoms with Gasteiger partial charge in [-0.1, -0.05) is 237 Å². The van der Waals surface area contributed by atoms with Crippen molar-refractivity contribution in [2.75, 3.05) is 4.90 Å². The number of para-hydroxylation sites is 2. The molecule has 14 rings (SSSR count). The third-order valence-corrected chi connectivity index (χ3v) is 15.8. The number of nitrogens with zero attached hydrogens (tertiary/aromatic N) is 2. The molecule has 3 heteroatoms. The third kappa shape index (κ3) is 9.29. The summed E-state index contributed by atoms with van der Waals surface area (Å²) >= 11 is 0. The van der Waals surface area contributed by atoms with Gasteiger partial charge in [-0.2, -0.15) is 0 Å². The van der Waals surface area contributed by atoms with Crippen LogP contribution in [-0.2, 0) is 12.5 Å². The second kappa shape index (κ2) is 22.5. The van der Waals surface area contributed by atoms with Gasteiger partial charge in [-0.15, -0.1) is 0 Å². The first-order valence-electron chi connectivity index (χ1n) is 28.0. The number of fused-ring (bicyclic) bond motifs is 10. The monoisotopic (exact) mass is 1040 g/mol. The number of hydrogen-bond acceptors (Lipinski definition) is 2. The second-order valence-electron chi connectivity index (χ2n) is 20.7. The molecule has 80 heavy (non-hydrogen) atoms. The van der Waals surface area contributed by atoms with E-state index in [4.69, 9.17) is 4.42 Å². The average molecular weight is 1040 g/mol. The van der Waals surface area contributed by atoms with Crippen molar-refractivity contribution >= 4 is 83.5 Å². The Hall–Kier alpha value is -9.44. The fraction of sp³-hybridized carbons (Fsp3) is 0.117.